The lowest BCUT2D eigenvalue weighted by Crippen LogP contribution is -2.47. The zero-order valence-corrected chi connectivity index (χ0v) is 20.6. The third kappa shape index (κ3) is 9.13. The number of ether oxygens (including phenoxy) is 2. The minimum atomic E-state index is -3.96. The van der Waals surface area contributed by atoms with Crippen molar-refractivity contribution in [3.05, 3.63) is 60.2 Å². The first-order valence-corrected chi connectivity index (χ1v) is 11.9. The Morgan fingerprint density at radius 1 is 0.848 bits per heavy atom. The number of benzene rings is 2. The number of hydrogen-bond donors (Lipinski definition) is 1. The van der Waals surface area contributed by atoms with Gasteiger partial charge in [0.2, 0.25) is 0 Å². The van der Waals surface area contributed by atoms with Gasteiger partial charge in [-0.25, -0.2) is 9.59 Å². The molecule has 0 unspecified atom stereocenters. The summed E-state index contributed by atoms with van der Waals surface area (Å²) in [5.41, 5.74) is -0.813. The minimum Gasteiger partial charge on any atom is -0.458 e. The summed E-state index contributed by atoms with van der Waals surface area (Å²) in [5.74, 6) is -0.489. The van der Waals surface area contributed by atoms with Gasteiger partial charge >= 0.3 is 22.2 Å². The normalized spacial score (nSPS) is 13.0. The van der Waals surface area contributed by atoms with E-state index < -0.39 is 39.4 Å². The molecule has 0 fully saturated rings. The second kappa shape index (κ2) is 10.2. The Labute approximate surface area is 195 Å². The Kier molecular flexibility index (Phi) is 8.13. The first-order valence-electron chi connectivity index (χ1n) is 10.5. The number of hydrogen-bond acceptors (Lipinski definition) is 7. The minimum absolute atomic E-state index is 0.0422. The van der Waals surface area contributed by atoms with Crippen molar-refractivity contribution in [1.29, 1.82) is 0 Å². The van der Waals surface area contributed by atoms with Gasteiger partial charge in [-0.15, -0.1) is 0 Å². The van der Waals surface area contributed by atoms with Gasteiger partial charge in [0, 0.05) is 6.42 Å². The monoisotopic (exact) mass is 477 g/mol. The summed E-state index contributed by atoms with van der Waals surface area (Å²) in [6.45, 7) is 10.4. The van der Waals surface area contributed by atoms with Gasteiger partial charge in [0.25, 0.3) is 0 Å². The molecular formula is C24H31NO7S. The zero-order valence-electron chi connectivity index (χ0n) is 19.7. The topological polar surface area (TPSA) is 108 Å². The van der Waals surface area contributed by atoms with Crippen LogP contribution in [0.2, 0.25) is 0 Å². The Morgan fingerprint density at radius 2 is 1.39 bits per heavy atom. The Balaban J connectivity index is 2.15. The van der Waals surface area contributed by atoms with Gasteiger partial charge in [-0.3, -0.25) is 0 Å². The smallest absolute Gasteiger partial charge is 0.408 e. The van der Waals surface area contributed by atoms with Gasteiger partial charge in [-0.2, -0.15) is 8.42 Å². The lowest BCUT2D eigenvalue weighted by atomic mass is 10.1. The maximum atomic E-state index is 12.7. The van der Waals surface area contributed by atoms with Crippen LogP contribution in [0.15, 0.2) is 59.5 Å². The molecule has 0 aliphatic heterocycles. The van der Waals surface area contributed by atoms with Crippen LogP contribution in [-0.4, -0.2) is 37.7 Å². The Morgan fingerprint density at radius 3 is 1.91 bits per heavy atom. The summed E-state index contributed by atoms with van der Waals surface area (Å²) < 4.78 is 40.6. The number of rotatable bonds is 7. The van der Waals surface area contributed by atoms with Gasteiger partial charge in [-0.1, -0.05) is 30.3 Å². The van der Waals surface area contributed by atoms with Crippen molar-refractivity contribution in [2.24, 2.45) is 0 Å². The van der Waals surface area contributed by atoms with Crippen LogP contribution in [0.1, 0.15) is 47.1 Å². The predicted molar refractivity (Wildman–Crippen MR) is 123 cm³/mol. The van der Waals surface area contributed by atoms with Crippen LogP contribution in [0.25, 0.3) is 0 Å². The number of alkyl carbamates (subject to hydrolysis) is 1. The molecule has 0 bridgehead atoms. The Hall–Kier alpha value is -3.07. The van der Waals surface area contributed by atoms with E-state index in [0.717, 1.165) is 0 Å². The molecule has 0 saturated carbocycles. The van der Waals surface area contributed by atoms with Crippen LogP contribution < -0.4 is 9.50 Å². The summed E-state index contributed by atoms with van der Waals surface area (Å²) in [5, 5.41) is 2.56. The zero-order chi connectivity index (χ0) is 24.9. The van der Waals surface area contributed by atoms with Gasteiger partial charge in [0.15, 0.2) is 0 Å². The van der Waals surface area contributed by atoms with Crippen molar-refractivity contribution in [3.63, 3.8) is 0 Å². The molecule has 0 radical (unpaired) electrons. The third-order valence-electron chi connectivity index (χ3n) is 3.98. The van der Waals surface area contributed by atoms with Gasteiger partial charge < -0.3 is 19.0 Å². The molecule has 33 heavy (non-hydrogen) atoms. The summed E-state index contributed by atoms with van der Waals surface area (Å²) in [7, 11) is -3.96. The second-order valence-corrected chi connectivity index (χ2v) is 11.0. The van der Waals surface area contributed by atoms with E-state index in [0.29, 0.717) is 5.56 Å². The van der Waals surface area contributed by atoms with Gasteiger partial charge in [-0.05, 0) is 71.4 Å². The summed E-state index contributed by atoms with van der Waals surface area (Å²) in [6, 6.07) is 13.0. The summed E-state index contributed by atoms with van der Waals surface area (Å²) >= 11 is 0. The molecule has 9 heteroatoms. The third-order valence-corrected chi connectivity index (χ3v) is 5.24. The average molecular weight is 478 g/mol. The molecule has 2 rings (SSSR count). The van der Waals surface area contributed by atoms with Gasteiger partial charge in [0.1, 0.15) is 27.9 Å². The highest BCUT2D eigenvalue weighted by Crippen LogP contribution is 2.20. The summed E-state index contributed by atoms with van der Waals surface area (Å²) in [4.78, 5) is 25.0. The molecule has 180 valence electrons. The quantitative estimate of drug-likeness (QED) is 0.469. The first kappa shape index (κ1) is 26.2. The molecule has 0 spiro atoms. The van der Waals surface area contributed by atoms with E-state index in [1.807, 2.05) is 0 Å². The lowest BCUT2D eigenvalue weighted by Gasteiger charge is -2.26. The van der Waals surface area contributed by atoms with E-state index in [4.69, 9.17) is 13.7 Å². The molecule has 2 aromatic carbocycles. The van der Waals surface area contributed by atoms with Crippen LogP contribution in [0.4, 0.5) is 4.79 Å². The lowest BCUT2D eigenvalue weighted by molar-refractivity contribution is -0.157. The van der Waals surface area contributed by atoms with E-state index >= 15 is 0 Å². The van der Waals surface area contributed by atoms with Crippen LogP contribution in [0, 0.1) is 0 Å². The molecule has 0 saturated heterocycles. The predicted octanol–water partition coefficient (Wildman–Crippen LogP) is 4.23. The van der Waals surface area contributed by atoms with Crippen molar-refractivity contribution in [2.75, 3.05) is 0 Å². The van der Waals surface area contributed by atoms with Crippen LogP contribution >= 0.6 is 0 Å². The highest BCUT2D eigenvalue weighted by atomic mass is 32.2. The van der Waals surface area contributed by atoms with Crippen molar-refractivity contribution >= 4 is 22.2 Å². The van der Waals surface area contributed by atoms with E-state index in [9.17, 15) is 18.0 Å². The first-order chi connectivity index (χ1) is 15.1. The largest absolute Gasteiger partial charge is 0.458 e. The average Bonchev–Trinajstić information content (AvgIpc) is 2.66. The molecule has 0 aliphatic rings. The van der Waals surface area contributed by atoms with Crippen LogP contribution in [0.3, 0.4) is 0 Å². The molecule has 0 aromatic heterocycles. The molecule has 1 atom stereocenters. The number of esters is 1. The fraction of sp³-hybridized carbons (Fsp3) is 0.417. The SMILES string of the molecule is CC(C)(C)OC(=O)N[C@@H](Cc1ccc(OS(=O)(=O)c2ccccc2)cc1)C(=O)OC(C)(C)C. The Bertz CT molecular complexity index is 1050. The summed E-state index contributed by atoms with van der Waals surface area (Å²) in [6.07, 6.45) is -0.632. The molecule has 1 amide bonds. The van der Waals surface area contributed by atoms with Crippen molar-refractivity contribution < 1.29 is 31.7 Å². The number of nitrogens with one attached hydrogen (secondary N) is 1. The molecule has 0 aliphatic carbocycles. The van der Waals surface area contributed by atoms with E-state index in [1.54, 1.807) is 71.9 Å². The number of carbonyl (C=O) groups is 2. The molecule has 8 nitrogen and oxygen atoms in total. The van der Waals surface area contributed by atoms with Crippen molar-refractivity contribution in [3.8, 4) is 5.75 Å². The molecular weight excluding hydrogens is 446 g/mol. The van der Waals surface area contributed by atoms with E-state index in [1.165, 1.54) is 24.3 Å². The van der Waals surface area contributed by atoms with E-state index in [-0.39, 0.29) is 17.1 Å². The fourth-order valence-electron chi connectivity index (χ4n) is 2.69. The van der Waals surface area contributed by atoms with Crippen molar-refractivity contribution in [1.82, 2.24) is 5.32 Å². The molecule has 0 heterocycles. The maximum Gasteiger partial charge on any atom is 0.408 e. The highest BCUT2D eigenvalue weighted by Gasteiger charge is 2.29. The molecule has 1 N–H and O–H groups in total. The maximum absolute atomic E-state index is 12.7. The molecule has 2 aromatic rings. The van der Waals surface area contributed by atoms with Crippen LogP contribution in [0.5, 0.6) is 5.75 Å². The second-order valence-electron chi connectivity index (χ2n) is 9.43. The highest BCUT2D eigenvalue weighted by molar-refractivity contribution is 7.87. The standard InChI is InChI=1S/C24H31NO7S/c1-23(2,3)30-21(26)20(25-22(27)31-24(4,5)6)16-17-12-14-18(15-13-17)32-33(28,29)19-10-8-7-9-11-19/h7-15,20H,16H2,1-6H3,(H,25,27)/t20-/m0/s1. The van der Waals surface area contributed by atoms with Gasteiger partial charge in [0.05, 0.1) is 0 Å². The number of carbonyl (C=O) groups excluding carboxylic acids is 2. The van der Waals surface area contributed by atoms with Crippen molar-refractivity contribution in [2.45, 2.75) is 70.1 Å². The van der Waals surface area contributed by atoms with E-state index in [2.05, 4.69) is 5.32 Å². The van der Waals surface area contributed by atoms with Crippen LogP contribution in [-0.2, 0) is 30.8 Å². The fourth-order valence-corrected chi connectivity index (χ4v) is 3.65. The number of amides is 1.